The van der Waals surface area contributed by atoms with Crippen molar-refractivity contribution < 1.29 is 0 Å². The monoisotopic (exact) mass is 194 g/mol. The van der Waals surface area contributed by atoms with E-state index in [1.807, 2.05) is 24.3 Å². The molecule has 2 atom stereocenters. The van der Waals surface area contributed by atoms with Gasteiger partial charge in [0, 0.05) is 11.8 Å². The van der Waals surface area contributed by atoms with E-state index < -0.39 is 10.8 Å². The fourth-order valence-corrected chi connectivity index (χ4v) is 2.66. The van der Waals surface area contributed by atoms with Crippen LogP contribution in [0.3, 0.4) is 0 Å². The Kier molecular flexibility index (Phi) is 1.61. The number of nitrogens with zero attached hydrogens (tertiary/aromatic N) is 4. The van der Waals surface area contributed by atoms with Gasteiger partial charge in [-0.25, -0.2) is 0 Å². The molecule has 1 saturated carbocycles. The SMILES string of the molecule is N#CC1(C#N)C2C=CC(C2)C1(C#N)C#N. The van der Waals surface area contributed by atoms with Crippen molar-refractivity contribution in [3.05, 3.63) is 12.2 Å². The van der Waals surface area contributed by atoms with Gasteiger partial charge in [0.05, 0.1) is 24.3 Å². The molecule has 2 bridgehead atoms. The van der Waals surface area contributed by atoms with Crippen LogP contribution >= 0.6 is 0 Å². The summed E-state index contributed by atoms with van der Waals surface area (Å²) in [4.78, 5) is 0. The molecule has 0 amide bonds. The lowest BCUT2D eigenvalue weighted by Crippen LogP contribution is -2.41. The largest absolute Gasteiger partial charge is 0.196 e. The number of fused-ring (bicyclic) bond motifs is 2. The second kappa shape index (κ2) is 2.60. The first-order valence-electron chi connectivity index (χ1n) is 4.54. The Bertz CT molecular complexity index is 429. The quantitative estimate of drug-likeness (QED) is 0.542. The van der Waals surface area contributed by atoms with Gasteiger partial charge >= 0.3 is 0 Å². The van der Waals surface area contributed by atoms with Crippen LogP contribution in [0.25, 0.3) is 0 Å². The van der Waals surface area contributed by atoms with Crippen LogP contribution in [-0.2, 0) is 0 Å². The zero-order valence-corrected chi connectivity index (χ0v) is 7.81. The highest BCUT2D eigenvalue weighted by Crippen LogP contribution is 2.62. The molecular formula is C11H6N4. The van der Waals surface area contributed by atoms with E-state index in [2.05, 4.69) is 0 Å². The fraction of sp³-hybridized carbons (Fsp3) is 0.455. The summed E-state index contributed by atoms with van der Waals surface area (Å²) < 4.78 is 0. The maximum atomic E-state index is 9.13. The summed E-state index contributed by atoms with van der Waals surface area (Å²) in [6.07, 6.45) is 4.12. The molecule has 4 nitrogen and oxygen atoms in total. The van der Waals surface area contributed by atoms with E-state index in [1.54, 1.807) is 12.2 Å². The van der Waals surface area contributed by atoms with Crippen molar-refractivity contribution in [3.63, 3.8) is 0 Å². The van der Waals surface area contributed by atoms with Crippen molar-refractivity contribution >= 4 is 0 Å². The van der Waals surface area contributed by atoms with Gasteiger partial charge in [-0.15, -0.1) is 0 Å². The van der Waals surface area contributed by atoms with E-state index >= 15 is 0 Å². The summed E-state index contributed by atoms with van der Waals surface area (Å²) in [6.45, 7) is 0. The zero-order valence-electron chi connectivity index (χ0n) is 7.81. The van der Waals surface area contributed by atoms with E-state index in [1.165, 1.54) is 0 Å². The standard InChI is InChI=1S/C11H6N4/c12-4-10(5-13)8-1-2-9(3-8)11(10,6-14)7-15/h1-2,8-9H,3H2. The van der Waals surface area contributed by atoms with Crippen LogP contribution in [-0.4, -0.2) is 0 Å². The van der Waals surface area contributed by atoms with Crippen LogP contribution < -0.4 is 0 Å². The molecule has 15 heavy (non-hydrogen) atoms. The summed E-state index contributed by atoms with van der Waals surface area (Å²) in [5.41, 5.74) is -2.98. The normalized spacial score (nSPS) is 32.3. The van der Waals surface area contributed by atoms with Gasteiger partial charge < -0.3 is 0 Å². The Morgan fingerprint density at radius 1 is 0.800 bits per heavy atom. The number of rotatable bonds is 0. The minimum absolute atomic E-state index is 0.281. The van der Waals surface area contributed by atoms with Crippen LogP contribution in [0, 0.1) is 68.0 Å². The highest BCUT2D eigenvalue weighted by atomic mass is 14.7. The van der Waals surface area contributed by atoms with Crippen molar-refractivity contribution in [1.29, 1.82) is 21.0 Å². The summed E-state index contributed by atoms with van der Waals surface area (Å²) in [7, 11) is 0. The molecule has 2 rings (SSSR count). The molecule has 70 valence electrons. The van der Waals surface area contributed by atoms with Crippen molar-refractivity contribution in [2.45, 2.75) is 6.42 Å². The van der Waals surface area contributed by atoms with Gasteiger partial charge in [-0.2, -0.15) is 21.0 Å². The molecule has 0 aromatic rings. The Morgan fingerprint density at radius 3 is 1.40 bits per heavy atom. The highest BCUT2D eigenvalue weighted by Gasteiger charge is 2.69. The smallest absolute Gasteiger partial charge is 0.182 e. The molecule has 0 aromatic heterocycles. The van der Waals surface area contributed by atoms with Gasteiger partial charge in [-0.1, -0.05) is 12.2 Å². The first-order valence-corrected chi connectivity index (χ1v) is 4.54. The number of hydrogen-bond acceptors (Lipinski definition) is 4. The van der Waals surface area contributed by atoms with Gasteiger partial charge in [0.15, 0.2) is 10.8 Å². The van der Waals surface area contributed by atoms with Crippen LogP contribution in [0.5, 0.6) is 0 Å². The molecule has 0 aliphatic heterocycles. The molecule has 2 unspecified atom stereocenters. The van der Waals surface area contributed by atoms with Crippen LogP contribution in [0.1, 0.15) is 6.42 Å². The van der Waals surface area contributed by atoms with Gasteiger partial charge in [0.1, 0.15) is 0 Å². The van der Waals surface area contributed by atoms with Crippen LogP contribution in [0.15, 0.2) is 12.2 Å². The summed E-state index contributed by atoms with van der Waals surface area (Å²) >= 11 is 0. The lowest BCUT2D eigenvalue weighted by atomic mass is 9.61. The second-order valence-electron chi connectivity index (χ2n) is 3.90. The lowest BCUT2D eigenvalue weighted by molar-refractivity contribution is 0.276. The third-order valence-corrected chi connectivity index (χ3v) is 3.52. The van der Waals surface area contributed by atoms with E-state index in [0.717, 1.165) is 0 Å². The third-order valence-electron chi connectivity index (χ3n) is 3.52. The molecular weight excluding hydrogens is 188 g/mol. The number of nitriles is 4. The molecule has 2 aliphatic carbocycles. The van der Waals surface area contributed by atoms with Crippen molar-refractivity contribution in [2.24, 2.45) is 22.7 Å². The van der Waals surface area contributed by atoms with E-state index in [0.29, 0.717) is 6.42 Å². The van der Waals surface area contributed by atoms with E-state index in [-0.39, 0.29) is 11.8 Å². The Hall–Kier alpha value is -2.30. The minimum atomic E-state index is -1.49. The van der Waals surface area contributed by atoms with Crippen LogP contribution in [0.2, 0.25) is 0 Å². The predicted molar refractivity (Wildman–Crippen MR) is 48.1 cm³/mol. The average molecular weight is 194 g/mol. The van der Waals surface area contributed by atoms with Crippen molar-refractivity contribution in [3.8, 4) is 24.3 Å². The predicted octanol–water partition coefficient (Wildman–Crippen LogP) is 1.26. The maximum Gasteiger partial charge on any atom is 0.182 e. The number of allylic oxidation sites excluding steroid dienone is 2. The molecule has 0 radical (unpaired) electrons. The van der Waals surface area contributed by atoms with Gasteiger partial charge in [0.2, 0.25) is 0 Å². The van der Waals surface area contributed by atoms with Gasteiger partial charge in [-0.3, -0.25) is 0 Å². The first kappa shape index (κ1) is 9.26. The van der Waals surface area contributed by atoms with Crippen molar-refractivity contribution in [2.75, 3.05) is 0 Å². The summed E-state index contributed by atoms with van der Waals surface area (Å²) in [6, 6.07) is 7.58. The van der Waals surface area contributed by atoms with Crippen LogP contribution in [0.4, 0.5) is 0 Å². The molecule has 0 heterocycles. The molecule has 4 heteroatoms. The molecule has 0 spiro atoms. The Labute approximate surface area is 87.3 Å². The average Bonchev–Trinajstić information content (AvgIpc) is 2.85. The topological polar surface area (TPSA) is 95.2 Å². The van der Waals surface area contributed by atoms with Gasteiger partial charge in [0.25, 0.3) is 0 Å². The first-order chi connectivity index (χ1) is 7.20. The van der Waals surface area contributed by atoms with Crippen molar-refractivity contribution in [1.82, 2.24) is 0 Å². The molecule has 0 N–H and O–H groups in total. The Morgan fingerprint density at radius 2 is 1.13 bits per heavy atom. The molecule has 0 saturated heterocycles. The Balaban J connectivity index is 2.74. The van der Waals surface area contributed by atoms with E-state index in [4.69, 9.17) is 21.0 Å². The highest BCUT2D eigenvalue weighted by molar-refractivity contribution is 5.46. The minimum Gasteiger partial charge on any atom is -0.196 e. The summed E-state index contributed by atoms with van der Waals surface area (Å²) in [5, 5.41) is 36.5. The number of hydrogen-bond donors (Lipinski definition) is 0. The fourth-order valence-electron chi connectivity index (χ4n) is 2.66. The second-order valence-corrected chi connectivity index (χ2v) is 3.90. The zero-order chi connectivity index (χ0) is 11.1. The third kappa shape index (κ3) is 0.698. The lowest BCUT2D eigenvalue weighted by Gasteiger charge is -2.31. The maximum absolute atomic E-state index is 9.13. The molecule has 1 fully saturated rings. The van der Waals surface area contributed by atoms with E-state index in [9.17, 15) is 0 Å². The van der Waals surface area contributed by atoms with Gasteiger partial charge in [-0.05, 0) is 6.42 Å². The summed E-state index contributed by atoms with van der Waals surface area (Å²) in [5.74, 6) is -0.561. The molecule has 0 aromatic carbocycles. The molecule has 2 aliphatic rings.